The van der Waals surface area contributed by atoms with E-state index in [4.69, 9.17) is 0 Å². The van der Waals surface area contributed by atoms with Gasteiger partial charge in [-0.2, -0.15) is 0 Å². The Morgan fingerprint density at radius 1 is 0.889 bits per heavy atom. The van der Waals surface area contributed by atoms with E-state index in [-0.39, 0.29) is 0 Å². The minimum Gasteiger partial charge on any atom is -0.0754 e. The SMILES string of the molecule is Cc1cc(C)c(C)c(-c2cccc3c2C=C[CH]3)c1. The van der Waals surface area contributed by atoms with Crippen LogP contribution in [-0.2, 0) is 0 Å². The molecule has 0 N–H and O–H groups in total. The maximum atomic E-state index is 2.30. The summed E-state index contributed by atoms with van der Waals surface area (Å²) >= 11 is 0. The summed E-state index contributed by atoms with van der Waals surface area (Å²) in [5.41, 5.74) is 9.47. The van der Waals surface area contributed by atoms with E-state index in [0.717, 1.165) is 0 Å². The first-order valence-electron chi connectivity index (χ1n) is 6.39. The fourth-order valence-corrected chi connectivity index (χ4v) is 2.72. The Balaban J connectivity index is 2.28. The van der Waals surface area contributed by atoms with Crippen molar-refractivity contribution in [2.24, 2.45) is 0 Å². The standard InChI is InChI=1S/C18H17/c1-12-10-13(2)14(3)18(11-12)17-9-5-7-15-6-4-8-16(15)17/h4-11H,1-3H3. The molecule has 0 bridgehead atoms. The van der Waals surface area contributed by atoms with Crippen molar-refractivity contribution in [3.8, 4) is 11.1 Å². The number of benzene rings is 2. The molecule has 18 heavy (non-hydrogen) atoms. The van der Waals surface area contributed by atoms with Crippen LogP contribution in [0.2, 0.25) is 0 Å². The maximum Gasteiger partial charge on any atom is 0.0131 e. The van der Waals surface area contributed by atoms with E-state index in [9.17, 15) is 0 Å². The van der Waals surface area contributed by atoms with E-state index in [2.05, 4.69) is 69.7 Å². The predicted octanol–water partition coefficient (Wildman–Crippen LogP) is 4.86. The molecule has 1 aliphatic carbocycles. The first kappa shape index (κ1) is 11.3. The zero-order valence-electron chi connectivity index (χ0n) is 11.1. The van der Waals surface area contributed by atoms with Gasteiger partial charge in [0.05, 0.1) is 0 Å². The Bertz CT molecular complexity index is 645. The van der Waals surface area contributed by atoms with Crippen LogP contribution in [0.1, 0.15) is 27.8 Å². The summed E-state index contributed by atoms with van der Waals surface area (Å²) in [5.74, 6) is 0. The van der Waals surface area contributed by atoms with Gasteiger partial charge in [-0.05, 0) is 54.2 Å². The van der Waals surface area contributed by atoms with Crippen LogP contribution in [0.3, 0.4) is 0 Å². The maximum absolute atomic E-state index is 2.30. The highest BCUT2D eigenvalue weighted by atomic mass is 14.2. The van der Waals surface area contributed by atoms with Crippen molar-refractivity contribution < 1.29 is 0 Å². The molecule has 0 nitrogen and oxygen atoms in total. The predicted molar refractivity (Wildman–Crippen MR) is 78.5 cm³/mol. The molecule has 0 unspecified atom stereocenters. The third kappa shape index (κ3) is 1.69. The van der Waals surface area contributed by atoms with Gasteiger partial charge in [-0.25, -0.2) is 0 Å². The molecule has 0 aliphatic heterocycles. The van der Waals surface area contributed by atoms with Gasteiger partial charge < -0.3 is 0 Å². The van der Waals surface area contributed by atoms with Gasteiger partial charge >= 0.3 is 0 Å². The van der Waals surface area contributed by atoms with Crippen LogP contribution in [0, 0.1) is 27.2 Å². The zero-order chi connectivity index (χ0) is 12.7. The molecule has 89 valence electrons. The number of hydrogen-bond donors (Lipinski definition) is 0. The van der Waals surface area contributed by atoms with Gasteiger partial charge in [0.1, 0.15) is 0 Å². The van der Waals surface area contributed by atoms with Crippen LogP contribution < -0.4 is 0 Å². The van der Waals surface area contributed by atoms with Crippen molar-refractivity contribution in [3.63, 3.8) is 0 Å². The second kappa shape index (κ2) is 4.13. The lowest BCUT2D eigenvalue weighted by Crippen LogP contribution is -1.92. The van der Waals surface area contributed by atoms with E-state index in [0.29, 0.717) is 0 Å². The molecule has 0 amide bonds. The minimum absolute atomic E-state index is 1.33. The van der Waals surface area contributed by atoms with Gasteiger partial charge in [0.15, 0.2) is 0 Å². The Morgan fingerprint density at radius 2 is 1.72 bits per heavy atom. The van der Waals surface area contributed by atoms with Crippen LogP contribution in [-0.4, -0.2) is 0 Å². The Kier molecular flexibility index (Phi) is 2.59. The molecular formula is C18H17. The lowest BCUT2D eigenvalue weighted by molar-refractivity contribution is 1.30. The largest absolute Gasteiger partial charge is 0.0754 e. The number of hydrogen-bond acceptors (Lipinski definition) is 0. The molecule has 3 rings (SSSR count). The molecule has 0 heteroatoms. The number of allylic oxidation sites excluding steroid dienone is 1. The van der Waals surface area contributed by atoms with Crippen molar-refractivity contribution >= 4 is 6.08 Å². The second-order valence-corrected chi connectivity index (χ2v) is 5.09. The fourth-order valence-electron chi connectivity index (χ4n) is 2.72. The van der Waals surface area contributed by atoms with Gasteiger partial charge in [-0.3, -0.25) is 0 Å². The molecular weight excluding hydrogens is 216 g/mol. The third-order valence-corrected chi connectivity index (χ3v) is 3.78. The molecule has 0 atom stereocenters. The first-order valence-corrected chi connectivity index (χ1v) is 6.39. The normalized spacial score (nSPS) is 12.8. The molecule has 2 aromatic carbocycles. The van der Waals surface area contributed by atoms with Crippen LogP contribution >= 0.6 is 0 Å². The number of aryl methyl sites for hydroxylation is 2. The molecule has 0 saturated heterocycles. The summed E-state index contributed by atoms with van der Waals surface area (Å²) in [4.78, 5) is 0. The quantitative estimate of drug-likeness (QED) is 0.660. The lowest BCUT2D eigenvalue weighted by Gasteiger charge is -2.14. The van der Waals surface area contributed by atoms with E-state index in [1.165, 1.54) is 38.9 Å². The second-order valence-electron chi connectivity index (χ2n) is 5.09. The van der Waals surface area contributed by atoms with Crippen LogP contribution in [0.25, 0.3) is 17.2 Å². The van der Waals surface area contributed by atoms with Crippen molar-refractivity contribution in [1.82, 2.24) is 0 Å². The van der Waals surface area contributed by atoms with Gasteiger partial charge in [-0.15, -0.1) is 0 Å². The Morgan fingerprint density at radius 3 is 2.56 bits per heavy atom. The highest BCUT2D eigenvalue weighted by molar-refractivity contribution is 5.83. The molecule has 0 heterocycles. The first-order chi connectivity index (χ1) is 8.66. The summed E-state index contributed by atoms with van der Waals surface area (Å²) in [6.45, 7) is 6.57. The summed E-state index contributed by atoms with van der Waals surface area (Å²) in [7, 11) is 0. The molecule has 0 fully saturated rings. The topological polar surface area (TPSA) is 0 Å². The summed E-state index contributed by atoms with van der Waals surface area (Å²) < 4.78 is 0. The third-order valence-electron chi connectivity index (χ3n) is 3.78. The van der Waals surface area contributed by atoms with E-state index >= 15 is 0 Å². The molecule has 0 spiro atoms. The highest BCUT2D eigenvalue weighted by Gasteiger charge is 2.13. The summed E-state index contributed by atoms with van der Waals surface area (Å²) in [5, 5.41) is 0. The molecule has 2 aromatic rings. The summed E-state index contributed by atoms with van der Waals surface area (Å²) in [6.07, 6.45) is 6.52. The summed E-state index contributed by atoms with van der Waals surface area (Å²) in [6, 6.07) is 11.1. The van der Waals surface area contributed by atoms with Gasteiger partial charge in [0, 0.05) is 6.42 Å². The molecule has 1 aliphatic rings. The minimum atomic E-state index is 1.33. The Hall–Kier alpha value is -1.82. The Labute approximate surface area is 109 Å². The highest BCUT2D eigenvalue weighted by Crippen LogP contribution is 2.35. The van der Waals surface area contributed by atoms with Crippen LogP contribution in [0.15, 0.2) is 36.4 Å². The lowest BCUT2D eigenvalue weighted by atomic mass is 9.91. The fraction of sp³-hybridized carbons (Fsp3) is 0.167. The van der Waals surface area contributed by atoms with Gasteiger partial charge in [0.2, 0.25) is 0 Å². The molecule has 0 saturated carbocycles. The van der Waals surface area contributed by atoms with Crippen LogP contribution in [0.4, 0.5) is 0 Å². The van der Waals surface area contributed by atoms with E-state index in [1.807, 2.05) is 0 Å². The zero-order valence-corrected chi connectivity index (χ0v) is 11.1. The number of rotatable bonds is 1. The monoisotopic (exact) mass is 233 g/mol. The van der Waals surface area contributed by atoms with Gasteiger partial charge in [0.25, 0.3) is 0 Å². The van der Waals surface area contributed by atoms with Crippen molar-refractivity contribution in [2.45, 2.75) is 20.8 Å². The smallest absolute Gasteiger partial charge is 0.0131 e. The average molecular weight is 233 g/mol. The molecule has 0 aromatic heterocycles. The van der Waals surface area contributed by atoms with Crippen molar-refractivity contribution in [3.05, 3.63) is 70.6 Å². The van der Waals surface area contributed by atoms with E-state index < -0.39 is 0 Å². The average Bonchev–Trinajstić information content (AvgIpc) is 2.81. The number of fused-ring (bicyclic) bond motifs is 1. The van der Waals surface area contributed by atoms with Crippen molar-refractivity contribution in [1.29, 1.82) is 0 Å². The van der Waals surface area contributed by atoms with E-state index in [1.54, 1.807) is 0 Å². The van der Waals surface area contributed by atoms with Crippen LogP contribution in [0.5, 0.6) is 0 Å². The van der Waals surface area contributed by atoms with Gasteiger partial charge in [-0.1, -0.05) is 48.0 Å². The van der Waals surface area contributed by atoms with Crippen molar-refractivity contribution in [2.75, 3.05) is 0 Å². The molecule has 1 radical (unpaired) electrons.